The standard InChI is InChI=1S/C28H30F6N4O6/c1-3-14-42-22-19(27(29,30)31)15-20(35-25(40)41)21(36-22)23-37-38-24(44-23)26(28(32,33)34,13-9-5-6-10-17(2)39)43-16-18-11-7-4-8-12-18/h3-4,7-8,11-12,15,17,35,39H,1,5-6,9-10,13-14,16H2,2H3,(H,40,41)/t17-,26+/m0/s1. The Morgan fingerprint density at radius 1 is 1.11 bits per heavy atom. The summed E-state index contributed by atoms with van der Waals surface area (Å²) in [6.07, 6.45) is -11.1. The molecule has 3 aromatic rings. The zero-order valence-electron chi connectivity index (χ0n) is 23.4. The second kappa shape index (κ2) is 14.5. The Morgan fingerprint density at radius 2 is 1.82 bits per heavy atom. The molecule has 1 amide bonds. The lowest BCUT2D eigenvalue weighted by molar-refractivity contribution is -0.300. The van der Waals surface area contributed by atoms with Gasteiger partial charge < -0.3 is 24.1 Å². The van der Waals surface area contributed by atoms with E-state index in [9.17, 15) is 41.4 Å². The van der Waals surface area contributed by atoms with Gasteiger partial charge in [-0.2, -0.15) is 26.3 Å². The number of rotatable bonds is 15. The summed E-state index contributed by atoms with van der Waals surface area (Å²) in [5, 5.41) is 27.6. The number of nitrogens with one attached hydrogen (secondary N) is 1. The minimum Gasteiger partial charge on any atom is -0.473 e. The number of aromatic nitrogens is 3. The Hall–Kier alpha value is -4.18. The van der Waals surface area contributed by atoms with Crippen molar-refractivity contribution < 1.29 is 55.2 Å². The van der Waals surface area contributed by atoms with Crippen LogP contribution in [0.5, 0.6) is 5.88 Å². The number of carbonyl (C=O) groups is 1. The van der Waals surface area contributed by atoms with Gasteiger partial charge in [-0.05, 0) is 37.8 Å². The maximum Gasteiger partial charge on any atom is 0.426 e. The van der Waals surface area contributed by atoms with Gasteiger partial charge in [0.15, 0.2) is 5.69 Å². The number of anilines is 1. The average molecular weight is 633 g/mol. The molecule has 2 aromatic heterocycles. The second-order valence-corrected chi connectivity index (χ2v) is 9.72. The second-order valence-electron chi connectivity index (χ2n) is 9.72. The number of aliphatic hydroxyl groups is 1. The number of amides is 1. The Bertz CT molecular complexity index is 1400. The summed E-state index contributed by atoms with van der Waals surface area (Å²) in [5.74, 6) is -2.92. The molecule has 0 bridgehead atoms. The van der Waals surface area contributed by atoms with Crippen molar-refractivity contribution in [3.05, 3.63) is 66.1 Å². The van der Waals surface area contributed by atoms with Crippen molar-refractivity contribution >= 4 is 11.8 Å². The third-order valence-corrected chi connectivity index (χ3v) is 6.28. The fourth-order valence-corrected chi connectivity index (χ4v) is 4.16. The van der Waals surface area contributed by atoms with Crippen molar-refractivity contribution in [2.24, 2.45) is 0 Å². The molecule has 1 aromatic carbocycles. The normalized spacial score (nSPS) is 14.1. The number of hydrogen-bond acceptors (Lipinski definition) is 8. The molecular formula is C28H30F6N4O6. The van der Waals surface area contributed by atoms with Gasteiger partial charge in [-0.25, -0.2) is 9.78 Å². The van der Waals surface area contributed by atoms with Crippen molar-refractivity contribution in [2.75, 3.05) is 11.9 Å². The molecule has 3 N–H and O–H groups in total. The van der Waals surface area contributed by atoms with Crippen LogP contribution in [0, 0.1) is 0 Å². The molecule has 0 fully saturated rings. The van der Waals surface area contributed by atoms with E-state index in [0.29, 0.717) is 24.5 Å². The highest BCUT2D eigenvalue weighted by Gasteiger charge is 2.61. The summed E-state index contributed by atoms with van der Waals surface area (Å²) in [5.41, 5.74) is -5.75. The van der Waals surface area contributed by atoms with Crippen LogP contribution in [0.3, 0.4) is 0 Å². The van der Waals surface area contributed by atoms with Crippen LogP contribution in [0.25, 0.3) is 11.6 Å². The molecular weight excluding hydrogens is 602 g/mol. The van der Waals surface area contributed by atoms with E-state index in [1.807, 2.05) is 0 Å². The van der Waals surface area contributed by atoms with Crippen molar-refractivity contribution in [1.29, 1.82) is 0 Å². The van der Waals surface area contributed by atoms with Gasteiger partial charge in [-0.1, -0.05) is 55.8 Å². The first-order chi connectivity index (χ1) is 20.7. The predicted octanol–water partition coefficient (Wildman–Crippen LogP) is 7.11. The minimum atomic E-state index is -5.12. The fourth-order valence-electron chi connectivity index (χ4n) is 4.16. The van der Waals surface area contributed by atoms with Gasteiger partial charge in [-0.3, -0.25) is 5.32 Å². The van der Waals surface area contributed by atoms with Crippen LogP contribution < -0.4 is 10.1 Å². The predicted molar refractivity (Wildman–Crippen MR) is 144 cm³/mol. The van der Waals surface area contributed by atoms with E-state index in [1.54, 1.807) is 42.6 Å². The van der Waals surface area contributed by atoms with Crippen LogP contribution >= 0.6 is 0 Å². The summed E-state index contributed by atoms with van der Waals surface area (Å²) in [4.78, 5) is 15.1. The van der Waals surface area contributed by atoms with Crippen LogP contribution in [-0.2, 0) is 23.1 Å². The van der Waals surface area contributed by atoms with Gasteiger partial charge in [0.05, 0.1) is 18.4 Å². The van der Waals surface area contributed by atoms with E-state index in [1.165, 1.54) is 0 Å². The van der Waals surface area contributed by atoms with Crippen LogP contribution in [0.2, 0.25) is 0 Å². The monoisotopic (exact) mass is 632 g/mol. The highest BCUT2D eigenvalue weighted by Crippen LogP contribution is 2.47. The molecule has 0 saturated heterocycles. The molecule has 0 unspecified atom stereocenters. The van der Waals surface area contributed by atoms with Gasteiger partial charge >= 0.3 is 18.4 Å². The topological polar surface area (TPSA) is 140 Å². The largest absolute Gasteiger partial charge is 0.473 e. The zero-order chi connectivity index (χ0) is 32.5. The van der Waals surface area contributed by atoms with E-state index in [4.69, 9.17) is 13.9 Å². The van der Waals surface area contributed by atoms with Crippen LogP contribution in [-0.4, -0.2) is 50.4 Å². The molecule has 3 rings (SSSR count). The molecule has 44 heavy (non-hydrogen) atoms. The lowest BCUT2D eigenvalue weighted by Gasteiger charge is -2.32. The number of benzene rings is 1. The molecule has 0 saturated carbocycles. The van der Waals surface area contributed by atoms with Crippen molar-refractivity contribution in [1.82, 2.24) is 15.2 Å². The third-order valence-electron chi connectivity index (χ3n) is 6.28. The molecule has 10 nitrogen and oxygen atoms in total. The maximum atomic E-state index is 14.9. The molecule has 0 radical (unpaired) electrons. The minimum absolute atomic E-state index is 0.0391. The highest BCUT2D eigenvalue weighted by atomic mass is 19.4. The highest BCUT2D eigenvalue weighted by molar-refractivity contribution is 5.88. The number of pyridine rings is 1. The van der Waals surface area contributed by atoms with Gasteiger partial charge in [0.2, 0.25) is 11.5 Å². The first-order valence-electron chi connectivity index (χ1n) is 13.3. The molecule has 2 heterocycles. The Labute approximate surface area is 247 Å². The van der Waals surface area contributed by atoms with E-state index in [-0.39, 0.29) is 12.8 Å². The lowest BCUT2D eigenvalue weighted by Crippen LogP contribution is -2.45. The fraction of sp³-hybridized carbons (Fsp3) is 0.429. The number of hydrogen-bond donors (Lipinski definition) is 3. The van der Waals surface area contributed by atoms with Gasteiger partial charge in [0.1, 0.15) is 12.2 Å². The summed E-state index contributed by atoms with van der Waals surface area (Å²) in [6, 6.07) is 8.32. The SMILES string of the molecule is C=CCOc1nc(-c2nnc([C@@](CCCCC[C@H](C)O)(OCc3ccccc3)C(F)(F)F)o2)c(NC(=O)O)cc1C(F)(F)F. The van der Waals surface area contributed by atoms with Crippen molar-refractivity contribution in [2.45, 2.75) is 69.7 Å². The summed E-state index contributed by atoms with van der Waals surface area (Å²) in [7, 11) is 0. The van der Waals surface area contributed by atoms with Crippen molar-refractivity contribution in [3.8, 4) is 17.5 Å². The van der Waals surface area contributed by atoms with Gasteiger partial charge in [0, 0.05) is 0 Å². The molecule has 240 valence electrons. The number of ether oxygens (including phenoxy) is 2. The number of unbranched alkanes of at least 4 members (excludes halogenated alkanes) is 2. The van der Waals surface area contributed by atoms with Crippen LogP contribution in [0.15, 0.2) is 53.5 Å². The van der Waals surface area contributed by atoms with E-state index in [2.05, 4.69) is 21.8 Å². The summed E-state index contributed by atoms with van der Waals surface area (Å²) >= 11 is 0. The molecule has 0 aliphatic heterocycles. The van der Waals surface area contributed by atoms with Gasteiger partial charge in [-0.15, -0.1) is 10.2 Å². The average Bonchev–Trinajstić information content (AvgIpc) is 3.43. The maximum absolute atomic E-state index is 14.9. The van der Waals surface area contributed by atoms with E-state index in [0.717, 1.165) is 6.08 Å². The van der Waals surface area contributed by atoms with E-state index >= 15 is 0 Å². The summed E-state index contributed by atoms with van der Waals surface area (Å²) in [6.45, 7) is 3.95. The molecule has 0 spiro atoms. The van der Waals surface area contributed by atoms with Gasteiger partial charge in [0.25, 0.3) is 11.8 Å². The smallest absolute Gasteiger partial charge is 0.426 e. The Kier molecular flexibility index (Phi) is 11.3. The van der Waals surface area contributed by atoms with E-state index < -0.39 is 84.4 Å². The van der Waals surface area contributed by atoms with Crippen molar-refractivity contribution in [3.63, 3.8) is 0 Å². The number of nitrogens with zero attached hydrogens (tertiary/aromatic N) is 3. The third kappa shape index (κ3) is 8.69. The molecule has 16 heteroatoms. The number of alkyl halides is 6. The first-order valence-corrected chi connectivity index (χ1v) is 13.3. The Balaban J connectivity index is 2.13. The number of aliphatic hydroxyl groups excluding tert-OH is 1. The number of carboxylic acid groups (broad SMARTS) is 1. The van der Waals surface area contributed by atoms with Crippen LogP contribution in [0.1, 0.15) is 56.0 Å². The lowest BCUT2D eigenvalue weighted by atomic mass is 9.94. The summed E-state index contributed by atoms with van der Waals surface area (Å²) < 4.78 is 102. The quantitative estimate of drug-likeness (QED) is 0.0908. The molecule has 2 atom stereocenters. The Morgan fingerprint density at radius 3 is 2.41 bits per heavy atom. The molecule has 0 aliphatic carbocycles. The molecule has 0 aliphatic rings. The zero-order valence-corrected chi connectivity index (χ0v) is 23.4. The number of halogens is 6. The van der Waals surface area contributed by atoms with Crippen LogP contribution in [0.4, 0.5) is 36.8 Å². The first kappa shape index (κ1) is 34.3.